The van der Waals surface area contributed by atoms with Crippen LogP contribution < -0.4 is 5.73 Å². The predicted octanol–water partition coefficient (Wildman–Crippen LogP) is 15.6. The van der Waals surface area contributed by atoms with Gasteiger partial charge >= 0.3 is 19.8 Å². The highest BCUT2D eigenvalue weighted by atomic mass is 31.2. The standard InChI is InChI=1S/C57H90NO8P/c1-3-5-7-9-11-13-15-17-18-19-20-21-22-23-24-25-26-27-28-29-30-31-32-33-34-35-36-38-40-42-44-46-48-50-57(60)66-55(54-65-67(61,62)64-52-51-58)53-63-56(59)49-47-45-43-41-39-37-16-14-12-10-8-6-4-2/h5,7-8,10-11,13-14,16-18,20-21,23-24,26-27,29-30,32-33,35-36,40,42,55H,3-4,6,9,12,15,19,22,25,28,31,34,37-39,41,43-54,58H2,1-2H3,(H,61,62)/b7-5-,10-8-,13-11-,16-14-,18-17-,21-20-,24-23-,27-26-,30-29-,33-32-,36-35-,42-40-. The Morgan fingerprint density at radius 3 is 1.25 bits per heavy atom. The highest BCUT2D eigenvalue weighted by molar-refractivity contribution is 7.47. The Kier molecular flexibility index (Phi) is 48.1. The number of unbranched alkanes of at least 4 members (excludes halogenated alkanes) is 8. The zero-order valence-corrected chi connectivity index (χ0v) is 42.5. The second-order valence-corrected chi connectivity index (χ2v) is 17.4. The number of allylic oxidation sites excluding steroid dienone is 24. The zero-order valence-electron chi connectivity index (χ0n) is 41.6. The van der Waals surface area contributed by atoms with Crippen LogP contribution >= 0.6 is 7.82 Å². The van der Waals surface area contributed by atoms with Gasteiger partial charge in [0.05, 0.1) is 13.2 Å². The number of hydrogen-bond acceptors (Lipinski definition) is 8. The summed E-state index contributed by atoms with van der Waals surface area (Å²) >= 11 is 0. The summed E-state index contributed by atoms with van der Waals surface area (Å²) in [5.41, 5.74) is 5.35. The lowest BCUT2D eigenvalue weighted by atomic mass is 10.1. The molecule has 0 aliphatic rings. The molecule has 67 heavy (non-hydrogen) atoms. The minimum Gasteiger partial charge on any atom is -0.462 e. The van der Waals surface area contributed by atoms with Crippen LogP contribution in [0.5, 0.6) is 0 Å². The summed E-state index contributed by atoms with van der Waals surface area (Å²) in [4.78, 5) is 34.9. The van der Waals surface area contributed by atoms with Crippen LogP contribution in [0.25, 0.3) is 0 Å². The molecule has 3 N–H and O–H groups in total. The van der Waals surface area contributed by atoms with Crippen molar-refractivity contribution in [1.82, 2.24) is 0 Å². The third-order valence-electron chi connectivity index (χ3n) is 9.69. The molecule has 0 spiro atoms. The van der Waals surface area contributed by atoms with Crippen molar-refractivity contribution < 1.29 is 37.6 Å². The molecule has 0 rings (SSSR count). The number of carbonyl (C=O) groups is 2. The lowest BCUT2D eigenvalue weighted by Gasteiger charge is -2.19. The van der Waals surface area contributed by atoms with Gasteiger partial charge in [0.2, 0.25) is 0 Å². The van der Waals surface area contributed by atoms with Gasteiger partial charge in [-0.05, 0) is 116 Å². The number of nitrogens with two attached hydrogens (primary N) is 1. The Hall–Kier alpha value is -4.11. The van der Waals surface area contributed by atoms with Crippen molar-refractivity contribution in [2.45, 2.75) is 174 Å². The average Bonchev–Trinajstić information content (AvgIpc) is 3.32. The number of phosphoric acid groups is 1. The van der Waals surface area contributed by atoms with E-state index in [0.717, 1.165) is 122 Å². The molecule has 10 heteroatoms. The molecule has 0 amide bonds. The van der Waals surface area contributed by atoms with E-state index in [9.17, 15) is 19.0 Å². The van der Waals surface area contributed by atoms with Gasteiger partial charge in [-0.1, -0.05) is 185 Å². The summed E-state index contributed by atoms with van der Waals surface area (Å²) < 4.78 is 32.8. The first-order valence-electron chi connectivity index (χ1n) is 25.3. The van der Waals surface area contributed by atoms with Crippen molar-refractivity contribution in [3.63, 3.8) is 0 Å². The molecule has 0 aromatic carbocycles. The monoisotopic (exact) mass is 948 g/mol. The fraction of sp³-hybridized carbons (Fsp3) is 0.544. The highest BCUT2D eigenvalue weighted by Crippen LogP contribution is 2.43. The van der Waals surface area contributed by atoms with Gasteiger partial charge in [0.25, 0.3) is 0 Å². The number of carbonyl (C=O) groups excluding carboxylic acids is 2. The van der Waals surface area contributed by atoms with Gasteiger partial charge < -0.3 is 20.1 Å². The molecule has 376 valence electrons. The van der Waals surface area contributed by atoms with E-state index in [-0.39, 0.29) is 32.6 Å². The third-order valence-corrected chi connectivity index (χ3v) is 10.7. The smallest absolute Gasteiger partial charge is 0.462 e. The van der Waals surface area contributed by atoms with Crippen LogP contribution in [0.4, 0.5) is 0 Å². The molecule has 0 aromatic rings. The molecule has 9 nitrogen and oxygen atoms in total. The van der Waals surface area contributed by atoms with Crippen LogP contribution in [0.1, 0.15) is 168 Å². The molecule has 0 saturated carbocycles. The Bertz CT molecular complexity index is 1600. The zero-order chi connectivity index (χ0) is 48.8. The van der Waals surface area contributed by atoms with Gasteiger partial charge in [0.1, 0.15) is 6.61 Å². The first-order valence-corrected chi connectivity index (χ1v) is 26.8. The number of phosphoric ester groups is 1. The molecule has 0 heterocycles. The van der Waals surface area contributed by atoms with Gasteiger partial charge in [-0.25, -0.2) is 4.57 Å². The lowest BCUT2D eigenvalue weighted by Crippen LogP contribution is -2.29. The van der Waals surface area contributed by atoms with E-state index in [1.807, 2.05) is 0 Å². The van der Waals surface area contributed by atoms with Crippen LogP contribution in [0.15, 0.2) is 146 Å². The fourth-order valence-corrected chi connectivity index (χ4v) is 6.76. The maximum Gasteiger partial charge on any atom is 0.472 e. The second-order valence-electron chi connectivity index (χ2n) is 15.9. The molecule has 0 saturated heterocycles. The fourth-order valence-electron chi connectivity index (χ4n) is 5.99. The highest BCUT2D eigenvalue weighted by Gasteiger charge is 2.26. The summed E-state index contributed by atoms with van der Waals surface area (Å²) in [6.07, 6.45) is 73.3. The molecule has 0 radical (unpaired) electrons. The van der Waals surface area contributed by atoms with Crippen molar-refractivity contribution >= 4 is 19.8 Å². The predicted molar refractivity (Wildman–Crippen MR) is 283 cm³/mol. The lowest BCUT2D eigenvalue weighted by molar-refractivity contribution is -0.161. The van der Waals surface area contributed by atoms with Gasteiger partial charge in [0, 0.05) is 19.4 Å². The summed E-state index contributed by atoms with van der Waals surface area (Å²) in [5.74, 6) is -0.912. The van der Waals surface area contributed by atoms with Crippen LogP contribution in [0, 0.1) is 0 Å². The summed E-state index contributed by atoms with van der Waals surface area (Å²) in [5, 5.41) is 0. The molecular formula is C57H90NO8P. The van der Waals surface area contributed by atoms with Crippen molar-refractivity contribution in [1.29, 1.82) is 0 Å². The number of esters is 2. The summed E-state index contributed by atoms with van der Waals surface area (Å²) in [6.45, 7) is 3.45. The minimum absolute atomic E-state index is 0.0355. The van der Waals surface area contributed by atoms with Crippen LogP contribution in [-0.2, 0) is 32.7 Å². The Balaban J connectivity index is 4.18. The van der Waals surface area contributed by atoms with E-state index in [1.165, 1.54) is 6.42 Å². The third kappa shape index (κ3) is 51.1. The van der Waals surface area contributed by atoms with Crippen LogP contribution in [0.3, 0.4) is 0 Å². The largest absolute Gasteiger partial charge is 0.472 e. The van der Waals surface area contributed by atoms with Crippen molar-refractivity contribution in [2.75, 3.05) is 26.4 Å². The normalized spacial score (nSPS) is 14.4. The average molecular weight is 948 g/mol. The second kappa shape index (κ2) is 51.3. The Morgan fingerprint density at radius 2 is 0.821 bits per heavy atom. The first-order chi connectivity index (χ1) is 32.8. The maximum atomic E-state index is 12.6. The molecule has 2 atom stereocenters. The van der Waals surface area contributed by atoms with Gasteiger partial charge in [0.15, 0.2) is 6.10 Å². The molecule has 0 bridgehead atoms. The van der Waals surface area contributed by atoms with E-state index in [2.05, 4.69) is 160 Å². The van der Waals surface area contributed by atoms with Crippen LogP contribution in [-0.4, -0.2) is 49.3 Å². The molecule has 0 fully saturated rings. The van der Waals surface area contributed by atoms with Crippen molar-refractivity contribution in [2.24, 2.45) is 5.73 Å². The van der Waals surface area contributed by atoms with Crippen LogP contribution in [0.2, 0.25) is 0 Å². The number of rotatable bonds is 45. The van der Waals surface area contributed by atoms with E-state index in [0.29, 0.717) is 12.8 Å². The summed E-state index contributed by atoms with van der Waals surface area (Å²) in [6, 6.07) is 0. The quantitative estimate of drug-likeness (QED) is 0.0265. The molecule has 0 aliphatic carbocycles. The summed E-state index contributed by atoms with van der Waals surface area (Å²) in [7, 11) is -4.41. The van der Waals surface area contributed by atoms with E-state index >= 15 is 0 Å². The van der Waals surface area contributed by atoms with Crippen molar-refractivity contribution in [3.8, 4) is 0 Å². The minimum atomic E-state index is -4.41. The Labute approximate surface area is 407 Å². The molecule has 2 unspecified atom stereocenters. The van der Waals surface area contributed by atoms with Gasteiger partial charge in [-0.3, -0.25) is 18.6 Å². The first kappa shape index (κ1) is 62.9. The van der Waals surface area contributed by atoms with Gasteiger partial charge in [-0.15, -0.1) is 0 Å². The number of ether oxygens (including phenoxy) is 2. The van der Waals surface area contributed by atoms with E-state index < -0.39 is 32.5 Å². The van der Waals surface area contributed by atoms with Gasteiger partial charge in [-0.2, -0.15) is 0 Å². The molecule has 0 aliphatic heterocycles. The molecule has 0 aromatic heterocycles. The van der Waals surface area contributed by atoms with E-state index in [1.54, 1.807) is 0 Å². The SMILES string of the molecule is CC/C=C\C/C=C\C/C=C\C/C=C\C/C=C\C/C=C\C/C=C\C/C=C\C/C=C\C/C=C\CCCCC(=O)OC(COC(=O)CCCCCCC/C=C\C/C=C\CCC)COP(=O)(O)OCCN. The molecular weight excluding hydrogens is 858 g/mol. The number of hydrogen-bond donors (Lipinski definition) is 2. The Morgan fingerprint density at radius 1 is 0.463 bits per heavy atom. The van der Waals surface area contributed by atoms with E-state index in [4.69, 9.17) is 24.3 Å². The van der Waals surface area contributed by atoms with Crippen molar-refractivity contribution in [3.05, 3.63) is 146 Å². The maximum absolute atomic E-state index is 12.6. The topological polar surface area (TPSA) is 134 Å².